The zero-order chi connectivity index (χ0) is 11.9. The molecule has 0 bridgehead atoms. The molecule has 0 spiro atoms. The second kappa shape index (κ2) is 3.29. The van der Waals surface area contributed by atoms with Gasteiger partial charge in [0.1, 0.15) is 11.9 Å². The standard InChI is InChI=1S/C9H11N3O4/c1-6-7(12(14)15)5-11(10-6)9(3-4-9)8(13)16-2/h5H,3-4H2,1-2H3. The number of hydrogen-bond acceptors (Lipinski definition) is 5. The summed E-state index contributed by atoms with van der Waals surface area (Å²) in [4.78, 5) is 21.7. The fraction of sp³-hybridized carbons (Fsp3) is 0.556. The molecule has 1 aromatic rings. The maximum atomic E-state index is 11.5. The lowest BCUT2D eigenvalue weighted by Crippen LogP contribution is -2.29. The largest absolute Gasteiger partial charge is 0.467 e. The maximum absolute atomic E-state index is 11.5. The number of esters is 1. The van der Waals surface area contributed by atoms with Crippen LogP contribution in [-0.2, 0) is 15.1 Å². The molecule has 86 valence electrons. The second-order valence-electron chi connectivity index (χ2n) is 3.82. The SMILES string of the molecule is COC(=O)C1(n2cc([N+](=O)[O-])c(C)n2)CC1. The number of aromatic nitrogens is 2. The normalized spacial score (nSPS) is 16.9. The highest BCUT2D eigenvalue weighted by molar-refractivity contribution is 5.81. The van der Waals surface area contributed by atoms with Crippen LogP contribution in [0.15, 0.2) is 6.20 Å². The zero-order valence-corrected chi connectivity index (χ0v) is 8.97. The molecule has 0 saturated heterocycles. The smallest absolute Gasteiger partial charge is 0.333 e. The molecule has 0 radical (unpaired) electrons. The Bertz CT molecular complexity index is 461. The topological polar surface area (TPSA) is 87.3 Å². The van der Waals surface area contributed by atoms with Crippen molar-refractivity contribution in [2.75, 3.05) is 7.11 Å². The number of aryl methyl sites for hydroxylation is 1. The van der Waals surface area contributed by atoms with E-state index in [2.05, 4.69) is 9.84 Å². The second-order valence-corrected chi connectivity index (χ2v) is 3.82. The molecular weight excluding hydrogens is 214 g/mol. The van der Waals surface area contributed by atoms with Crippen molar-refractivity contribution in [3.63, 3.8) is 0 Å². The summed E-state index contributed by atoms with van der Waals surface area (Å²) in [5.41, 5.74) is -0.580. The van der Waals surface area contributed by atoms with E-state index in [4.69, 9.17) is 0 Å². The van der Waals surface area contributed by atoms with Crippen molar-refractivity contribution in [1.82, 2.24) is 9.78 Å². The number of hydrogen-bond donors (Lipinski definition) is 0. The Morgan fingerprint density at radius 1 is 1.69 bits per heavy atom. The molecule has 1 saturated carbocycles. The van der Waals surface area contributed by atoms with E-state index in [1.807, 2.05) is 0 Å². The number of carbonyl (C=O) groups is 1. The molecule has 7 nitrogen and oxygen atoms in total. The van der Waals surface area contributed by atoms with Crippen molar-refractivity contribution < 1.29 is 14.5 Å². The van der Waals surface area contributed by atoms with Gasteiger partial charge in [0.15, 0.2) is 5.54 Å². The molecule has 1 aromatic heterocycles. The van der Waals surface area contributed by atoms with Crippen LogP contribution in [0.3, 0.4) is 0 Å². The molecule has 1 fully saturated rings. The first-order valence-corrected chi connectivity index (χ1v) is 4.81. The average Bonchev–Trinajstić information content (AvgIpc) is 2.95. The highest BCUT2D eigenvalue weighted by Crippen LogP contribution is 2.44. The van der Waals surface area contributed by atoms with E-state index in [1.165, 1.54) is 18.0 Å². The Hall–Kier alpha value is -1.92. The van der Waals surface area contributed by atoms with E-state index < -0.39 is 16.4 Å². The minimum Gasteiger partial charge on any atom is -0.467 e. The van der Waals surface area contributed by atoms with Gasteiger partial charge in [-0.3, -0.25) is 10.1 Å². The van der Waals surface area contributed by atoms with Crippen molar-refractivity contribution in [3.05, 3.63) is 22.0 Å². The van der Waals surface area contributed by atoms with Gasteiger partial charge >= 0.3 is 11.7 Å². The quantitative estimate of drug-likeness (QED) is 0.430. The van der Waals surface area contributed by atoms with Crippen LogP contribution in [0.2, 0.25) is 0 Å². The molecule has 0 unspecified atom stereocenters. The first kappa shape index (κ1) is 10.6. The van der Waals surface area contributed by atoms with E-state index in [1.54, 1.807) is 6.92 Å². The minimum atomic E-state index is -0.812. The Morgan fingerprint density at radius 2 is 2.31 bits per heavy atom. The fourth-order valence-electron chi connectivity index (χ4n) is 1.68. The van der Waals surface area contributed by atoms with Crippen LogP contribution >= 0.6 is 0 Å². The average molecular weight is 225 g/mol. The van der Waals surface area contributed by atoms with Gasteiger partial charge in [-0.05, 0) is 19.8 Å². The van der Waals surface area contributed by atoms with Crippen molar-refractivity contribution in [1.29, 1.82) is 0 Å². The predicted octanol–water partition coefficient (Wildman–Crippen LogP) is 0.762. The summed E-state index contributed by atoms with van der Waals surface area (Å²) in [7, 11) is 1.30. The van der Waals surface area contributed by atoms with Crippen LogP contribution < -0.4 is 0 Å². The summed E-state index contributed by atoms with van der Waals surface area (Å²) >= 11 is 0. The molecule has 7 heteroatoms. The van der Waals surface area contributed by atoms with Gasteiger partial charge in [0.05, 0.1) is 12.0 Å². The van der Waals surface area contributed by atoms with Gasteiger partial charge in [-0.15, -0.1) is 0 Å². The van der Waals surface area contributed by atoms with Crippen molar-refractivity contribution >= 4 is 11.7 Å². The van der Waals surface area contributed by atoms with E-state index >= 15 is 0 Å². The van der Waals surface area contributed by atoms with Gasteiger partial charge in [0, 0.05) is 0 Å². The van der Waals surface area contributed by atoms with Crippen LogP contribution in [0.4, 0.5) is 5.69 Å². The van der Waals surface area contributed by atoms with E-state index in [-0.39, 0.29) is 5.69 Å². The van der Waals surface area contributed by atoms with Gasteiger partial charge in [-0.2, -0.15) is 5.10 Å². The number of nitro groups is 1. The molecule has 0 amide bonds. The number of rotatable bonds is 3. The van der Waals surface area contributed by atoms with Gasteiger partial charge in [0.25, 0.3) is 0 Å². The van der Waals surface area contributed by atoms with Crippen LogP contribution in [0.25, 0.3) is 0 Å². The number of methoxy groups -OCH3 is 1. The molecule has 0 atom stereocenters. The van der Waals surface area contributed by atoms with Crippen LogP contribution in [-0.4, -0.2) is 27.8 Å². The monoisotopic (exact) mass is 225 g/mol. The van der Waals surface area contributed by atoms with E-state index in [0.29, 0.717) is 18.5 Å². The summed E-state index contributed by atoms with van der Waals surface area (Å²) in [5, 5.41) is 14.7. The Labute approximate surface area is 91.2 Å². The van der Waals surface area contributed by atoms with Crippen LogP contribution in [0, 0.1) is 17.0 Å². The van der Waals surface area contributed by atoms with Gasteiger partial charge in [-0.1, -0.05) is 0 Å². The maximum Gasteiger partial charge on any atom is 0.333 e. The Kier molecular flexibility index (Phi) is 2.18. The Balaban J connectivity index is 2.39. The summed E-state index contributed by atoms with van der Waals surface area (Å²) in [6.07, 6.45) is 2.51. The molecule has 0 aromatic carbocycles. The van der Waals surface area contributed by atoms with Gasteiger partial charge in [-0.25, -0.2) is 9.48 Å². The molecule has 2 rings (SSSR count). The zero-order valence-electron chi connectivity index (χ0n) is 8.97. The lowest BCUT2D eigenvalue weighted by Gasteiger charge is -2.11. The summed E-state index contributed by atoms with van der Waals surface area (Å²) in [6.45, 7) is 1.54. The first-order valence-electron chi connectivity index (χ1n) is 4.81. The lowest BCUT2D eigenvalue weighted by atomic mass is 10.3. The Morgan fingerprint density at radius 3 is 2.69 bits per heavy atom. The van der Waals surface area contributed by atoms with Crippen molar-refractivity contribution in [2.45, 2.75) is 25.3 Å². The first-order chi connectivity index (χ1) is 7.51. The number of nitrogens with zero attached hydrogens (tertiary/aromatic N) is 3. The van der Waals surface area contributed by atoms with Crippen molar-refractivity contribution in [3.8, 4) is 0 Å². The fourth-order valence-corrected chi connectivity index (χ4v) is 1.68. The molecular formula is C9H11N3O4. The third-order valence-corrected chi connectivity index (χ3v) is 2.80. The highest BCUT2D eigenvalue weighted by atomic mass is 16.6. The predicted molar refractivity (Wildman–Crippen MR) is 52.8 cm³/mol. The molecule has 1 aliphatic carbocycles. The third kappa shape index (κ3) is 1.36. The number of ether oxygens (including phenoxy) is 1. The van der Waals surface area contributed by atoms with Gasteiger partial charge in [0.2, 0.25) is 0 Å². The van der Waals surface area contributed by atoms with Crippen LogP contribution in [0.1, 0.15) is 18.5 Å². The molecule has 1 aliphatic rings. The molecule has 0 aliphatic heterocycles. The van der Waals surface area contributed by atoms with E-state index in [0.717, 1.165) is 0 Å². The summed E-state index contributed by atoms with van der Waals surface area (Å²) in [5.74, 6) is -0.398. The van der Waals surface area contributed by atoms with Crippen molar-refractivity contribution in [2.24, 2.45) is 0 Å². The lowest BCUT2D eigenvalue weighted by molar-refractivity contribution is -0.385. The minimum absolute atomic E-state index is 0.0739. The highest BCUT2D eigenvalue weighted by Gasteiger charge is 2.54. The molecule has 0 N–H and O–H groups in total. The van der Waals surface area contributed by atoms with E-state index in [9.17, 15) is 14.9 Å². The van der Waals surface area contributed by atoms with Crippen LogP contribution in [0.5, 0.6) is 0 Å². The molecule has 1 heterocycles. The molecule has 16 heavy (non-hydrogen) atoms. The summed E-state index contributed by atoms with van der Waals surface area (Å²) < 4.78 is 6.03. The third-order valence-electron chi connectivity index (χ3n) is 2.80. The summed E-state index contributed by atoms with van der Waals surface area (Å²) in [6, 6.07) is 0. The number of carbonyl (C=O) groups excluding carboxylic acids is 1. The van der Waals surface area contributed by atoms with Gasteiger partial charge < -0.3 is 4.74 Å².